The zero-order chi connectivity index (χ0) is 14.6. The van der Waals surface area contributed by atoms with Crippen LogP contribution in [0.15, 0.2) is 21.7 Å². The van der Waals surface area contributed by atoms with Crippen LogP contribution in [0.3, 0.4) is 0 Å². The highest BCUT2D eigenvalue weighted by atomic mass is 32.2. The molecule has 0 saturated heterocycles. The lowest BCUT2D eigenvalue weighted by Gasteiger charge is -2.38. The van der Waals surface area contributed by atoms with Crippen molar-refractivity contribution in [2.75, 3.05) is 5.75 Å². The van der Waals surface area contributed by atoms with Crippen molar-refractivity contribution >= 4 is 35.0 Å². The average Bonchev–Trinajstić information content (AvgIpc) is 2.92. The molecule has 110 valence electrons. The third kappa shape index (κ3) is 3.55. The predicted molar refractivity (Wildman–Crippen MR) is 81.2 cm³/mol. The van der Waals surface area contributed by atoms with Gasteiger partial charge in [-0.25, -0.2) is 0 Å². The van der Waals surface area contributed by atoms with E-state index in [0.29, 0.717) is 12.2 Å². The van der Waals surface area contributed by atoms with Crippen molar-refractivity contribution in [3.63, 3.8) is 0 Å². The van der Waals surface area contributed by atoms with Crippen molar-refractivity contribution in [1.29, 1.82) is 0 Å². The van der Waals surface area contributed by atoms with E-state index in [1.807, 2.05) is 17.5 Å². The van der Waals surface area contributed by atoms with Gasteiger partial charge in [-0.05, 0) is 31.2 Å². The van der Waals surface area contributed by atoms with Crippen LogP contribution >= 0.6 is 23.1 Å². The van der Waals surface area contributed by atoms with E-state index in [4.69, 9.17) is 0 Å². The summed E-state index contributed by atoms with van der Waals surface area (Å²) in [6, 6.07) is 3.67. The first-order valence-electron chi connectivity index (χ1n) is 6.71. The molecule has 1 saturated carbocycles. The van der Waals surface area contributed by atoms with Crippen LogP contribution in [0, 0.1) is 5.41 Å². The summed E-state index contributed by atoms with van der Waals surface area (Å²) in [5.41, 5.74) is -0.832. The number of carboxylic acids is 1. The molecule has 20 heavy (non-hydrogen) atoms. The highest BCUT2D eigenvalue weighted by Gasteiger charge is 2.43. The predicted octanol–water partition coefficient (Wildman–Crippen LogP) is 2.99. The van der Waals surface area contributed by atoms with Crippen LogP contribution < -0.4 is 5.32 Å². The molecule has 1 aliphatic rings. The quantitative estimate of drug-likeness (QED) is 0.820. The van der Waals surface area contributed by atoms with Gasteiger partial charge in [0.1, 0.15) is 0 Å². The number of rotatable bonds is 5. The van der Waals surface area contributed by atoms with Gasteiger partial charge in [-0.15, -0.1) is 23.1 Å². The van der Waals surface area contributed by atoms with Gasteiger partial charge in [0.05, 0.1) is 15.4 Å². The molecule has 0 aliphatic heterocycles. The van der Waals surface area contributed by atoms with E-state index >= 15 is 0 Å². The Labute approximate surface area is 127 Å². The third-order valence-electron chi connectivity index (χ3n) is 3.87. The molecular formula is C14H19NO3S2. The molecule has 6 heteroatoms. The first kappa shape index (κ1) is 15.4. The average molecular weight is 313 g/mol. The van der Waals surface area contributed by atoms with Gasteiger partial charge in [-0.1, -0.05) is 18.9 Å². The molecule has 1 fully saturated rings. The molecule has 2 rings (SSSR count). The van der Waals surface area contributed by atoms with E-state index in [1.54, 1.807) is 18.3 Å². The molecule has 1 aromatic rings. The maximum Gasteiger partial charge on any atom is 0.311 e. The molecular weight excluding hydrogens is 294 g/mol. The van der Waals surface area contributed by atoms with E-state index in [2.05, 4.69) is 5.32 Å². The number of carbonyl (C=O) groups is 2. The second kappa shape index (κ2) is 6.63. The fourth-order valence-electron chi connectivity index (χ4n) is 2.54. The van der Waals surface area contributed by atoms with Crippen molar-refractivity contribution in [2.24, 2.45) is 5.41 Å². The first-order valence-corrected chi connectivity index (χ1v) is 8.58. The van der Waals surface area contributed by atoms with E-state index in [-0.39, 0.29) is 11.9 Å². The Bertz CT molecular complexity index is 475. The standard InChI is InChI=1S/C14H19NO3S2/c1-14(13(17)18)7-3-2-5-10(14)15-11(16)9-20-12-6-4-8-19-12/h4,6,8,10H,2-3,5,7,9H2,1H3,(H,15,16)(H,17,18). The van der Waals surface area contributed by atoms with Gasteiger partial charge in [0.15, 0.2) is 0 Å². The minimum Gasteiger partial charge on any atom is -0.481 e. The Balaban J connectivity index is 1.90. The van der Waals surface area contributed by atoms with Crippen molar-refractivity contribution in [2.45, 2.75) is 42.9 Å². The fraction of sp³-hybridized carbons (Fsp3) is 0.571. The molecule has 1 aromatic heterocycles. The lowest BCUT2D eigenvalue weighted by molar-refractivity contribution is -0.152. The SMILES string of the molecule is CC1(C(=O)O)CCCCC1NC(=O)CSc1cccs1. The number of nitrogens with one attached hydrogen (secondary N) is 1. The van der Waals surface area contributed by atoms with E-state index in [1.165, 1.54) is 11.8 Å². The minimum atomic E-state index is -0.832. The smallest absolute Gasteiger partial charge is 0.311 e. The highest BCUT2D eigenvalue weighted by molar-refractivity contribution is 8.01. The normalized spacial score (nSPS) is 26.1. The van der Waals surface area contributed by atoms with Gasteiger partial charge in [-0.3, -0.25) is 9.59 Å². The van der Waals surface area contributed by atoms with Crippen molar-refractivity contribution in [1.82, 2.24) is 5.32 Å². The molecule has 2 N–H and O–H groups in total. The van der Waals surface area contributed by atoms with Gasteiger partial charge in [0.2, 0.25) is 5.91 Å². The summed E-state index contributed by atoms with van der Waals surface area (Å²) in [5, 5.41) is 14.3. The molecule has 0 radical (unpaired) electrons. The molecule has 0 bridgehead atoms. The van der Waals surface area contributed by atoms with Gasteiger partial charge >= 0.3 is 5.97 Å². The van der Waals surface area contributed by atoms with E-state index < -0.39 is 11.4 Å². The van der Waals surface area contributed by atoms with Gasteiger partial charge in [0, 0.05) is 6.04 Å². The van der Waals surface area contributed by atoms with E-state index in [0.717, 1.165) is 23.5 Å². The zero-order valence-electron chi connectivity index (χ0n) is 11.4. The number of hydrogen-bond acceptors (Lipinski definition) is 4. The Kier molecular flexibility index (Phi) is 5.10. The lowest BCUT2D eigenvalue weighted by Crippen LogP contribution is -2.52. The molecule has 2 unspecified atom stereocenters. The van der Waals surface area contributed by atoms with Crippen LogP contribution in [-0.2, 0) is 9.59 Å². The fourth-order valence-corrected chi connectivity index (χ4v) is 4.13. The van der Waals surface area contributed by atoms with Crippen LogP contribution in [0.25, 0.3) is 0 Å². The zero-order valence-corrected chi connectivity index (χ0v) is 13.1. The molecule has 1 amide bonds. The molecule has 4 nitrogen and oxygen atoms in total. The van der Waals surface area contributed by atoms with Crippen molar-refractivity contribution < 1.29 is 14.7 Å². The first-order chi connectivity index (χ1) is 9.52. The number of amides is 1. The van der Waals surface area contributed by atoms with Crippen molar-refractivity contribution in [3.8, 4) is 0 Å². The lowest BCUT2D eigenvalue weighted by atomic mass is 9.71. The van der Waals surface area contributed by atoms with Gasteiger partial charge in [0.25, 0.3) is 0 Å². The topological polar surface area (TPSA) is 66.4 Å². The molecule has 0 aromatic carbocycles. The van der Waals surface area contributed by atoms with Crippen LogP contribution in [0.4, 0.5) is 0 Å². The number of aliphatic carboxylic acids is 1. The number of carboxylic acid groups (broad SMARTS) is 1. The summed E-state index contributed by atoms with van der Waals surface area (Å²) in [5.74, 6) is -0.552. The summed E-state index contributed by atoms with van der Waals surface area (Å²) >= 11 is 3.10. The molecule has 0 spiro atoms. The Hall–Kier alpha value is -1.01. The van der Waals surface area contributed by atoms with Crippen LogP contribution in [0.1, 0.15) is 32.6 Å². The van der Waals surface area contributed by atoms with Crippen molar-refractivity contribution in [3.05, 3.63) is 17.5 Å². The summed E-state index contributed by atoms with van der Waals surface area (Å²) in [4.78, 5) is 23.5. The van der Waals surface area contributed by atoms with Crippen LogP contribution in [0.2, 0.25) is 0 Å². The second-order valence-electron chi connectivity index (χ2n) is 5.31. The van der Waals surface area contributed by atoms with Gasteiger partial charge < -0.3 is 10.4 Å². The van der Waals surface area contributed by atoms with E-state index in [9.17, 15) is 14.7 Å². The monoisotopic (exact) mass is 313 g/mol. The van der Waals surface area contributed by atoms with Crippen LogP contribution in [0.5, 0.6) is 0 Å². The maximum absolute atomic E-state index is 12.0. The minimum absolute atomic E-state index is 0.0808. The summed E-state index contributed by atoms with van der Waals surface area (Å²) < 4.78 is 1.10. The van der Waals surface area contributed by atoms with Gasteiger partial charge in [-0.2, -0.15) is 0 Å². The van der Waals surface area contributed by atoms with Crippen LogP contribution in [-0.4, -0.2) is 28.8 Å². The number of thiophene rings is 1. The molecule has 1 aliphatic carbocycles. The Morgan fingerprint density at radius 2 is 2.35 bits per heavy atom. The largest absolute Gasteiger partial charge is 0.481 e. The Morgan fingerprint density at radius 1 is 1.55 bits per heavy atom. The summed E-state index contributed by atoms with van der Waals surface area (Å²) in [6.07, 6.45) is 3.27. The molecule has 2 atom stereocenters. The number of thioether (sulfide) groups is 1. The highest BCUT2D eigenvalue weighted by Crippen LogP contribution is 2.36. The number of carbonyl (C=O) groups excluding carboxylic acids is 1. The number of hydrogen-bond donors (Lipinski definition) is 2. The summed E-state index contributed by atoms with van der Waals surface area (Å²) in [6.45, 7) is 1.74. The second-order valence-corrected chi connectivity index (χ2v) is 7.53. The Morgan fingerprint density at radius 3 is 3.00 bits per heavy atom. The maximum atomic E-state index is 12.0. The molecule has 1 heterocycles. The summed E-state index contributed by atoms with van der Waals surface area (Å²) in [7, 11) is 0. The third-order valence-corrected chi connectivity index (χ3v) is 6.00.